The fourth-order valence-corrected chi connectivity index (χ4v) is 4.51. The van der Waals surface area contributed by atoms with Crippen LogP contribution in [0, 0.1) is 0 Å². The highest BCUT2D eigenvalue weighted by Crippen LogP contribution is 2.26. The molecule has 3 aromatic rings. The van der Waals surface area contributed by atoms with Crippen LogP contribution >= 0.6 is 0 Å². The van der Waals surface area contributed by atoms with Crippen LogP contribution in [0.5, 0.6) is 0 Å². The van der Waals surface area contributed by atoms with Gasteiger partial charge in [-0.2, -0.15) is 0 Å². The minimum Gasteiger partial charge on any atom is -0.367 e. The zero-order valence-electron chi connectivity index (χ0n) is 17.4. The molecule has 0 spiro atoms. The lowest BCUT2D eigenvalue weighted by Crippen LogP contribution is -2.46. The summed E-state index contributed by atoms with van der Waals surface area (Å²) in [5, 5.41) is 4.86. The summed E-state index contributed by atoms with van der Waals surface area (Å²) in [6, 6.07) is 10.7. The average molecular weight is 404 g/mol. The summed E-state index contributed by atoms with van der Waals surface area (Å²) >= 11 is 0. The molecule has 0 atom stereocenters. The van der Waals surface area contributed by atoms with Gasteiger partial charge in [-0.15, -0.1) is 0 Å². The summed E-state index contributed by atoms with van der Waals surface area (Å²) in [7, 11) is 0. The minimum atomic E-state index is 0.527. The third-order valence-corrected chi connectivity index (χ3v) is 6.17. The van der Waals surface area contributed by atoms with E-state index in [-0.39, 0.29) is 0 Å². The van der Waals surface area contributed by atoms with Crippen LogP contribution in [0.3, 0.4) is 0 Å². The lowest BCUT2D eigenvalue weighted by Gasteiger charge is -2.34. The third-order valence-electron chi connectivity index (χ3n) is 6.17. The maximum Gasteiger partial charge on any atom is 0.225 e. The molecule has 1 aromatic carbocycles. The zero-order valence-corrected chi connectivity index (χ0v) is 17.4. The molecule has 0 radical (unpaired) electrons. The summed E-state index contributed by atoms with van der Waals surface area (Å²) < 4.78 is 0. The van der Waals surface area contributed by atoms with Gasteiger partial charge in [-0.1, -0.05) is 31.4 Å². The van der Waals surface area contributed by atoms with E-state index in [1.165, 1.54) is 32.1 Å². The fourth-order valence-electron chi connectivity index (χ4n) is 4.51. The van der Waals surface area contributed by atoms with Crippen molar-refractivity contribution in [3.63, 3.8) is 0 Å². The van der Waals surface area contributed by atoms with E-state index in [0.29, 0.717) is 6.04 Å². The molecule has 1 saturated carbocycles. The van der Waals surface area contributed by atoms with Crippen LogP contribution in [0.15, 0.2) is 42.7 Å². The molecule has 1 saturated heterocycles. The molecule has 156 valence electrons. The van der Waals surface area contributed by atoms with Crippen molar-refractivity contribution in [1.82, 2.24) is 24.8 Å². The molecule has 1 N–H and O–H groups in total. The Balaban J connectivity index is 1.30. The van der Waals surface area contributed by atoms with Crippen LogP contribution in [0.4, 0.5) is 11.8 Å². The Kier molecular flexibility index (Phi) is 5.70. The molecule has 1 aliphatic carbocycles. The molecular weight excluding hydrogens is 374 g/mol. The summed E-state index contributed by atoms with van der Waals surface area (Å²) in [4.78, 5) is 23.3. The summed E-state index contributed by atoms with van der Waals surface area (Å²) in [6.45, 7) is 4.53. The SMILES string of the molecule is c1cnc(N2CCN(Cc3nc(NC4CCCCC4)c4ccccc4n3)CC2)nc1. The third kappa shape index (κ3) is 4.36. The smallest absolute Gasteiger partial charge is 0.225 e. The largest absolute Gasteiger partial charge is 0.367 e. The first-order chi connectivity index (χ1) is 14.8. The number of hydrogen-bond donors (Lipinski definition) is 1. The van der Waals surface area contributed by atoms with E-state index in [2.05, 4.69) is 49.4 Å². The highest BCUT2D eigenvalue weighted by Gasteiger charge is 2.21. The van der Waals surface area contributed by atoms with E-state index in [1.807, 2.05) is 6.07 Å². The summed E-state index contributed by atoms with van der Waals surface area (Å²) in [5.41, 5.74) is 1.03. The second-order valence-corrected chi connectivity index (χ2v) is 8.30. The van der Waals surface area contributed by atoms with Gasteiger partial charge in [-0.3, -0.25) is 4.90 Å². The van der Waals surface area contributed by atoms with E-state index in [0.717, 1.165) is 61.2 Å². The molecule has 2 aliphatic rings. The van der Waals surface area contributed by atoms with Crippen LogP contribution in [0.1, 0.15) is 37.9 Å². The number of para-hydroxylation sites is 1. The van der Waals surface area contributed by atoms with Gasteiger partial charge in [0.15, 0.2) is 0 Å². The van der Waals surface area contributed by atoms with E-state index < -0.39 is 0 Å². The van der Waals surface area contributed by atoms with Crippen LogP contribution in [0.25, 0.3) is 10.9 Å². The standard InChI is InChI=1S/C23H29N7/c1-2-7-18(8-3-1)26-22-19-9-4-5-10-20(19)27-21(28-22)17-29-13-15-30(16-14-29)23-24-11-6-12-25-23/h4-6,9-12,18H,1-3,7-8,13-17H2,(H,26,27,28). The first-order valence-electron chi connectivity index (χ1n) is 11.1. The van der Waals surface area contributed by atoms with Gasteiger partial charge in [-0.25, -0.2) is 19.9 Å². The van der Waals surface area contributed by atoms with Gasteiger partial charge in [-0.05, 0) is 31.0 Å². The van der Waals surface area contributed by atoms with Crippen LogP contribution in [-0.2, 0) is 6.54 Å². The maximum absolute atomic E-state index is 4.96. The van der Waals surface area contributed by atoms with Crippen molar-refractivity contribution in [1.29, 1.82) is 0 Å². The Morgan fingerprint density at radius 2 is 1.63 bits per heavy atom. The lowest BCUT2D eigenvalue weighted by molar-refractivity contribution is 0.243. The molecule has 0 bridgehead atoms. The van der Waals surface area contributed by atoms with Crippen LogP contribution < -0.4 is 10.2 Å². The molecule has 1 aliphatic heterocycles. The maximum atomic E-state index is 4.96. The second kappa shape index (κ2) is 8.92. The van der Waals surface area contributed by atoms with Crippen molar-refractivity contribution in [3.8, 4) is 0 Å². The Morgan fingerprint density at radius 1 is 0.867 bits per heavy atom. The highest BCUT2D eigenvalue weighted by molar-refractivity contribution is 5.89. The van der Waals surface area contributed by atoms with Gasteiger partial charge < -0.3 is 10.2 Å². The summed E-state index contributed by atoms with van der Waals surface area (Å²) in [5.74, 6) is 2.72. The molecular formula is C23H29N7. The quantitative estimate of drug-likeness (QED) is 0.699. The monoisotopic (exact) mass is 403 g/mol. The molecule has 0 amide bonds. The topological polar surface area (TPSA) is 70.1 Å². The van der Waals surface area contributed by atoms with Gasteiger partial charge in [0, 0.05) is 50.0 Å². The molecule has 30 heavy (non-hydrogen) atoms. The normalized spacial score (nSPS) is 18.6. The Bertz CT molecular complexity index is 964. The summed E-state index contributed by atoms with van der Waals surface area (Å²) in [6.07, 6.45) is 10.0. The van der Waals surface area contributed by atoms with Crippen molar-refractivity contribution in [2.75, 3.05) is 36.4 Å². The number of aromatic nitrogens is 4. The van der Waals surface area contributed by atoms with Gasteiger partial charge in [0.05, 0.1) is 12.1 Å². The van der Waals surface area contributed by atoms with Crippen LogP contribution in [0.2, 0.25) is 0 Å². The van der Waals surface area contributed by atoms with Gasteiger partial charge >= 0.3 is 0 Å². The number of nitrogens with zero attached hydrogens (tertiary/aromatic N) is 6. The average Bonchev–Trinajstić information content (AvgIpc) is 2.81. The number of anilines is 2. The molecule has 2 fully saturated rings. The highest BCUT2D eigenvalue weighted by atomic mass is 15.3. The molecule has 7 heteroatoms. The van der Waals surface area contributed by atoms with Crippen molar-refractivity contribution < 1.29 is 0 Å². The predicted octanol–water partition coefficient (Wildman–Crippen LogP) is 3.49. The van der Waals surface area contributed by atoms with Gasteiger partial charge in [0.25, 0.3) is 0 Å². The fraction of sp³-hybridized carbons (Fsp3) is 0.478. The number of fused-ring (bicyclic) bond motifs is 1. The van der Waals surface area contributed by atoms with Gasteiger partial charge in [0.1, 0.15) is 11.6 Å². The first kappa shape index (κ1) is 19.2. The predicted molar refractivity (Wildman–Crippen MR) is 120 cm³/mol. The van der Waals surface area contributed by atoms with Crippen molar-refractivity contribution in [2.24, 2.45) is 0 Å². The van der Waals surface area contributed by atoms with E-state index in [1.54, 1.807) is 12.4 Å². The molecule has 5 rings (SSSR count). The Labute approximate surface area is 177 Å². The number of rotatable bonds is 5. The Morgan fingerprint density at radius 3 is 2.43 bits per heavy atom. The number of piperazine rings is 1. The lowest BCUT2D eigenvalue weighted by atomic mass is 9.95. The molecule has 2 aromatic heterocycles. The van der Waals surface area contributed by atoms with Crippen LogP contribution in [-0.4, -0.2) is 57.1 Å². The van der Waals surface area contributed by atoms with E-state index >= 15 is 0 Å². The number of hydrogen-bond acceptors (Lipinski definition) is 7. The molecule has 0 unspecified atom stereocenters. The van der Waals surface area contributed by atoms with Crippen molar-refractivity contribution in [2.45, 2.75) is 44.7 Å². The van der Waals surface area contributed by atoms with E-state index in [4.69, 9.17) is 9.97 Å². The number of nitrogens with one attached hydrogen (secondary N) is 1. The molecule has 7 nitrogen and oxygen atoms in total. The van der Waals surface area contributed by atoms with E-state index in [9.17, 15) is 0 Å². The van der Waals surface area contributed by atoms with Gasteiger partial charge in [0.2, 0.25) is 5.95 Å². The zero-order chi connectivity index (χ0) is 20.2. The second-order valence-electron chi connectivity index (χ2n) is 8.30. The molecule has 3 heterocycles. The number of benzene rings is 1. The van der Waals surface area contributed by atoms with Crippen molar-refractivity contribution in [3.05, 3.63) is 48.5 Å². The van der Waals surface area contributed by atoms with Crippen molar-refractivity contribution >= 4 is 22.7 Å². The first-order valence-corrected chi connectivity index (χ1v) is 11.1. The minimum absolute atomic E-state index is 0.527. The Hall–Kier alpha value is -2.80.